The molecule has 0 unspecified atom stereocenters. The Balaban J connectivity index is 1.97. The highest BCUT2D eigenvalue weighted by atomic mass is 79.9. The first-order valence-corrected chi connectivity index (χ1v) is 7.20. The minimum absolute atomic E-state index is 0.0416. The number of nitrogens with zero attached hydrogens (tertiary/aromatic N) is 1. The number of fused-ring (bicyclic) bond motifs is 1. The van der Waals surface area contributed by atoms with E-state index in [1.807, 2.05) is 0 Å². The number of benzene rings is 1. The van der Waals surface area contributed by atoms with Gasteiger partial charge in [0, 0.05) is 6.07 Å². The molecule has 0 aliphatic rings. The van der Waals surface area contributed by atoms with Crippen molar-refractivity contribution in [2.45, 2.75) is 0 Å². The molecule has 7 heteroatoms. The lowest BCUT2D eigenvalue weighted by Crippen LogP contribution is -2.14. The van der Waals surface area contributed by atoms with Crippen molar-refractivity contribution in [3.8, 4) is 0 Å². The van der Waals surface area contributed by atoms with Gasteiger partial charge in [0.25, 0.3) is 5.91 Å². The molecule has 0 atom stereocenters. The third kappa shape index (κ3) is 2.50. The summed E-state index contributed by atoms with van der Waals surface area (Å²) in [7, 11) is 0. The van der Waals surface area contributed by atoms with Crippen LogP contribution in [0, 0.1) is 0 Å². The maximum absolute atomic E-state index is 12.0. The number of amides is 1. The van der Waals surface area contributed by atoms with Gasteiger partial charge in [-0.1, -0.05) is 23.5 Å². The van der Waals surface area contributed by atoms with Gasteiger partial charge in [0.05, 0.1) is 15.4 Å². The summed E-state index contributed by atoms with van der Waals surface area (Å²) < 4.78 is 6.24. The maximum Gasteiger partial charge on any atom is 0.293 e. The van der Waals surface area contributed by atoms with Crippen molar-refractivity contribution >= 4 is 49.3 Å². The normalized spacial score (nSPS) is 10.7. The number of nitrogens with one attached hydrogen (secondary N) is 1. The van der Waals surface area contributed by atoms with Crippen LogP contribution in [-0.2, 0) is 0 Å². The van der Waals surface area contributed by atoms with E-state index in [2.05, 4.69) is 26.2 Å². The van der Waals surface area contributed by atoms with Crippen LogP contribution in [-0.4, -0.2) is 10.9 Å². The SMILES string of the molecule is O=C(Nc1ncc(Br)s1)c1cc(=O)c2ccccc2o1. The number of hydrogen-bond donors (Lipinski definition) is 1. The predicted molar refractivity (Wildman–Crippen MR) is 80.3 cm³/mol. The molecule has 0 radical (unpaired) electrons. The highest BCUT2D eigenvalue weighted by molar-refractivity contribution is 9.11. The molecule has 3 rings (SSSR count). The van der Waals surface area contributed by atoms with Gasteiger partial charge in [0.1, 0.15) is 5.58 Å². The van der Waals surface area contributed by atoms with Gasteiger partial charge in [-0.15, -0.1) is 0 Å². The molecule has 5 nitrogen and oxygen atoms in total. The second-order valence-corrected chi connectivity index (χ2v) is 6.30. The van der Waals surface area contributed by atoms with Crippen molar-refractivity contribution in [2.24, 2.45) is 0 Å². The van der Waals surface area contributed by atoms with Crippen LogP contribution in [0.3, 0.4) is 0 Å². The number of anilines is 1. The quantitative estimate of drug-likeness (QED) is 0.769. The van der Waals surface area contributed by atoms with E-state index in [1.165, 1.54) is 17.4 Å². The van der Waals surface area contributed by atoms with E-state index < -0.39 is 5.91 Å². The molecule has 2 aromatic heterocycles. The molecule has 0 saturated carbocycles. The van der Waals surface area contributed by atoms with Crippen molar-refractivity contribution < 1.29 is 9.21 Å². The fourth-order valence-corrected chi connectivity index (χ4v) is 2.79. The van der Waals surface area contributed by atoms with Gasteiger partial charge < -0.3 is 4.42 Å². The number of carbonyl (C=O) groups excluding carboxylic acids is 1. The molecule has 0 aliphatic heterocycles. The number of halogens is 1. The fraction of sp³-hybridized carbons (Fsp3) is 0. The summed E-state index contributed by atoms with van der Waals surface area (Å²) in [5.41, 5.74) is 0.128. The number of thiazole rings is 1. The summed E-state index contributed by atoms with van der Waals surface area (Å²) in [6.45, 7) is 0. The van der Waals surface area contributed by atoms with Crippen molar-refractivity contribution in [2.75, 3.05) is 5.32 Å². The fourth-order valence-electron chi connectivity index (χ4n) is 1.69. The minimum atomic E-state index is -0.505. The first-order chi connectivity index (χ1) is 9.63. The Hall–Kier alpha value is -1.99. The summed E-state index contributed by atoms with van der Waals surface area (Å²) in [5, 5.41) is 3.45. The topological polar surface area (TPSA) is 72.2 Å². The minimum Gasteiger partial charge on any atom is -0.451 e. The lowest BCUT2D eigenvalue weighted by atomic mass is 10.2. The monoisotopic (exact) mass is 350 g/mol. The second kappa shape index (κ2) is 5.18. The largest absolute Gasteiger partial charge is 0.451 e. The zero-order chi connectivity index (χ0) is 14.1. The van der Waals surface area contributed by atoms with Crippen molar-refractivity contribution in [1.29, 1.82) is 0 Å². The van der Waals surface area contributed by atoms with Crippen molar-refractivity contribution in [3.63, 3.8) is 0 Å². The van der Waals surface area contributed by atoms with E-state index in [-0.39, 0.29) is 11.2 Å². The van der Waals surface area contributed by atoms with Crippen molar-refractivity contribution in [1.82, 2.24) is 4.98 Å². The average Bonchev–Trinajstić information content (AvgIpc) is 2.84. The number of carbonyl (C=O) groups is 1. The Morgan fingerprint density at radius 2 is 2.15 bits per heavy atom. The van der Waals surface area contributed by atoms with Crippen LogP contribution in [0.15, 0.2) is 49.5 Å². The number of hydrogen-bond acceptors (Lipinski definition) is 5. The van der Waals surface area contributed by atoms with Crippen LogP contribution in [0.25, 0.3) is 11.0 Å². The third-order valence-corrected chi connectivity index (χ3v) is 3.95. The van der Waals surface area contributed by atoms with E-state index in [1.54, 1.807) is 30.5 Å². The van der Waals surface area contributed by atoms with E-state index in [4.69, 9.17) is 4.42 Å². The molecule has 20 heavy (non-hydrogen) atoms. The molecular weight excluding hydrogens is 344 g/mol. The first kappa shape index (κ1) is 13.0. The molecule has 1 aromatic carbocycles. The number of para-hydroxylation sites is 1. The lowest BCUT2D eigenvalue weighted by molar-refractivity contribution is 0.0997. The average molecular weight is 351 g/mol. The van der Waals surface area contributed by atoms with Crippen LogP contribution in [0.5, 0.6) is 0 Å². The molecule has 0 spiro atoms. The molecule has 2 heterocycles. The van der Waals surface area contributed by atoms with E-state index in [9.17, 15) is 9.59 Å². The first-order valence-electron chi connectivity index (χ1n) is 5.59. The Bertz CT molecular complexity index is 856. The molecule has 0 bridgehead atoms. The van der Waals surface area contributed by atoms with Gasteiger partial charge >= 0.3 is 0 Å². The number of rotatable bonds is 2. The summed E-state index contributed by atoms with van der Waals surface area (Å²) in [6, 6.07) is 7.96. The van der Waals surface area contributed by atoms with Gasteiger partial charge in [-0.3, -0.25) is 14.9 Å². The van der Waals surface area contributed by atoms with E-state index in [0.29, 0.717) is 16.1 Å². The standard InChI is InChI=1S/C13H7BrN2O3S/c14-11-6-15-13(20-11)16-12(18)10-5-8(17)7-3-1-2-4-9(7)19-10/h1-6H,(H,15,16,18). The zero-order valence-electron chi connectivity index (χ0n) is 9.92. The van der Waals surface area contributed by atoms with Crippen LogP contribution < -0.4 is 10.7 Å². The Morgan fingerprint density at radius 3 is 2.90 bits per heavy atom. The smallest absolute Gasteiger partial charge is 0.293 e. The van der Waals surface area contributed by atoms with Gasteiger partial charge in [-0.05, 0) is 28.1 Å². The van der Waals surface area contributed by atoms with Gasteiger partial charge in [-0.2, -0.15) is 0 Å². The van der Waals surface area contributed by atoms with Crippen LogP contribution in [0.1, 0.15) is 10.6 Å². The van der Waals surface area contributed by atoms with Crippen LogP contribution in [0.2, 0.25) is 0 Å². The third-order valence-electron chi connectivity index (χ3n) is 2.56. The predicted octanol–water partition coefficient (Wildman–Crippen LogP) is 3.26. The summed E-state index contributed by atoms with van der Waals surface area (Å²) in [5.74, 6) is -0.547. The van der Waals surface area contributed by atoms with Gasteiger partial charge in [0.15, 0.2) is 16.3 Å². The zero-order valence-corrected chi connectivity index (χ0v) is 12.3. The lowest BCUT2D eigenvalue weighted by Gasteiger charge is -2.02. The second-order valence-electron chi connectivity index (χ2n) is 3.89. The molecule has 100 valence electrons. The van der Waals surface area contributed by atoms with Crippen LogP contribution in [0.4, 0.5) is 5.13 Å². The Morgan fingerprint density at radius 1 is 1.35 bits per heavy atom. The molecular formula is C13H7BrN2O3S. The van der Waals surface area contributed by atoms with E-state index >= 15 is 0 Å². The Kier molecular flexibility index (Phi) is 3.37. The highest BCUT2D eigenvalue weighted by Crippen LogP contribution is 2.23. The van der Waals surface area contributed by atoms with Crippen molar-refractivity contribution in [3.05, 3.63) is 56.3 Å². The highest BCUT2D eigenvalue weighted by Gasteiger charge is 2.13. The van der Waals surface area contributed by atoms with Gasteiger partial charge in [-0.25, -0.2) is 4.98 Å². The van der Waals surface area contributed by atoms with E-state index in [0.717, 1.165) is 3.79 Å². The summed E-state index contributed by atoms with van der Waals surface area (Å²) in [4.78, 5) is 27.9. The molecule has 3 aromatic rings. The Labute approximate surface area is 125 Å². The maximum atomic E-state index is 12.0. The number of aromatic nitrogens is 1. The molecule has 0 aliphatic carbocycles. The van der Waals surface area contributed by atoms with Crippen LogP contribution >= 0.6 is 27.3 Å². The molecule has 0 saturated heterocycles. The summed E-state index contributed by atoms with van der Waals surface area (Å²) >= 11 is 4.53. The molecule has 1 N–H and O–H groups in total. The van der Waals surface area contributed by atoms with Gasteiger partial charge in [0.2, 0.25) is 0 Å². The molecule has 0 fully saturated rings. The summed E-state index contributed by atoms with van der Waals surface area (Å²) in [6.07, 6.45) is 1.58. The molecule has 1 amide bonds.